The molecule has 0 radical (unpaired) electrons. The first-order chi connectivity index (χ1) is 12.1. The third-order valence-corrected chi connectivity index (χ3v) is 5.40. The molecule has 1 aliphatic heterocycles. The molecule has 0 N–H and O–H groups in total. The molecule has 0 bridgehead atoms. The number of nitrogens with zero attached hydrogens (tertiary/aromatic N) is 3. The maximum absolute atomic E-state index is 11.9. The van der Waals surface area contributed by atoms with Gasteiger partial charge in [0.05, 0.1) is 18.2 Å². The van der Waals surface area contributed by atoms with E-state index in [2.05, 4.69) is 32.5 Å². The number of ether oxygens (including phenoxy) is 2. The lowest BCUT2D eigenvalue weighted by Crippen LogP contribution is -2.37. The largest absolute Gasteiger partial charge is 0.466 e. The number of esters is 1. The van der Waals surface area contributed by atoms with E-state index in [0.717, 1.165) is 67.0 Å². The number of halogens is 2. The first-order valence-electron chi connectivity index (χ1n) is 8.69. The minimum Gasteiger partial charge on any atom is -0.466 e. The Hall–Kier alpha value is -0.670. The molecule has 2 heterocycles. The third-order valence-electron chi connectivity index (χ3n) is 4.29. The molecule has 1 aromatic rings. The minimum absolute atomic E-state index is 0.0275. The number of rotatable bonds is 8. The number of carbonyl (C=O) groups is 1. The predicted octanol–water partition coefficient (Wildman–Crippen LogP) is 3.48. The molecule has 1 aliphatic rings. The van der Waals surface area contributed by atoms with Gasteiger partial charge >= 0.3 is 5.97 Å². The number of hydrogen-bond acceptors (Lipinski definition) is 6. The van der Waals surface area contributed by atoms with Crippen LogP contribution < -0.4 is 4.90 Å². The summed E-state index contributed by atoms with van der Waals surface area (Å²) in [5.41, 5.74) is 0.976. The van der Waals surface area contributed by atoms with Gasteiger partial charge in [0.2, 0.25) is 0 Å². The van der Waals surface area contributed by atoms with Gasteiger partial charge in [0, 0.05) is 26.8 Å². The Morgan fingerprint density at radius 3 is 2.68 bits per heavy atom. The Kier molecular flexibility index (Phi) is 8.65. The van der Waals surface area contributed by atoms with Gasteiger partial charge < -0.3 is 14.4 Å². The van der Waals surface area contributed by atoms with Crippen molar-refractivity contribution in [1.82, 2.24) is 9.97 Å². The summed E-state index contributed by atoms with van der Waals surface area (Å²) in [5, 5.41) is 0.430. The minimum atomic E-state index is -0.0965. The van der Waals surface area contributed by atoms with Crippen LogP contribution in [0.1, 0.15) is 38.3 Å². The van der Waals surface area contributed by atoms with E-state index in [1.807, 2.05) is 6.92 Å². The smallest absolute Gasteiger partial charge is 0.309 e. The molecular formula is C17H25ClIN3O3. The summed E-state index contributed by atoms with van der Waals surface area (Å²) in [5.74, 6) is 0.604. The summed E-state index contributed by atoms with van der Waals surface area (Å²) in [6, 6.07) is 0. The molecule has 0 atom stereocenters. The average Bonchev–Trinajstić information content (AvgIpc) is 2.60. The first kappa shape index (κ1) is 20.6. The summed E-state index contributed by atoms with van der Waals surface area (Å²) >= 11 is 8.52. The Morgan fingerprint density at radius 2 is 2.04 bits per heavy atom. The molecule has 0 aliphatic carbocycles. The Bertz CT molecular complexity index is 581. The normalized spacial score (nSPS) is 15.4. The van der Waals surface area contributed by atoms with Crippen LogP contribution in [0.5, 0.6) is 0 Å². The lowest BCUT2D eigenvalue weighted by molar-refractivity contribution is -0.148. The van der Waals surface area contributed by atoms with Crippen molar-refractivity contribution in [1.29, 1.82) is 0 Å². The highest BCUT2D eigenvalue weighted by molar-refractivity contribution is 14.1. The number of piperidine rings is 1. The van der Waals surface area contributed by atoms with Crippen molar-refractivity contribution < 1.29 is 14.3 Å². The van der Waals surface area contributed by atoms with Crippen LogP contribution >= 0.6 is 34.2 Å². The fourth-order valence-electron chi connectivity index (χ4n) is 2.91. The van der Waals surface area contributed by atoms with Gasteiger partial charge in [-0.05, 0) is 61.6 Å². The molecule has 25 heavy (non-hydrogen) atoms. The monoisotopic (exact) mass is 481 g/mol. The van der Waals surface area contributed by atoms with Crippen LogP contribution in [0.3, 0.4) is 0 Å². The highest BCUT2D eigenvalue weighted by Gasteiger charge is 2.28. The molecule has 8 heteroatoms. The van der Waals surface area contributed by atoms with Crippen molar-refractivity contribution in [3.8, 4) is 0 Å². The molecule has 140 valence electrons. The van der Waals surface area contributed by atoms with Crippen molar-refractivity contribution in [3.63, 3.8) is 0 Å². The van der Waals surface area contributed by atoms with E-state index < -0.39 is 0 Å². The van der Waals surface area contributed by atoms with Crippen LogP contribution in [0.15, 0.2) is 0 Å². The highest BCUT2D eigenvalue weighted by Crippen LogP contribution is 2.29. The zero-order valence-corrected chi connectivity index (χ0v) is 17.7. The molecule has 0 aromatic carbocycles. The highest BCUT2D eigenvalue weighted by atomic mass is 127. The lowest BCUT2D eigenvalue weighted by Gasteiger charge is -2.32. The van der Waals surface area contributed by atoms with Gasteiger partial charge in [0.25, 0.3) is 0 Å². The van der Waals surface area contributed by atoms with Crippen molar-refractivity contribution in [2.45, 2.75) is 39.0 Å². The second-order valence-electron chi connectivity index (χ2n) is 6.04. The van der Waals surface area contributed by atoms with Crippen molar-refractivity contribution >= 4 is 46.0 Å². The average molecular weight is 482 g/mol. The topological polar surface area (TPSA) is 64.5 Å². The van der Waals surface area contributed by atoms with E-state index in [0.29, 0.717) is 11.8 Å². The maximum Gasteiger partial charge on any atom is 0.309 e. The Balaban J connectivity index is 2.00. The fourth-order valence-corrected chi connectivity index (χ4v) is 3.93. The summed E-state index contributed by atoms with van der Waals surface area (Å²) in [6.07, 6.45) is 4.37. The van der Waals surface area contributed by atoms with E-state index in [-0.39, 0.29) is 11.9 Å². The van der Waals surface area contributed by atoms with Gasteiger partial charge in [-0.25, -0.2) is 9.97 Å². The van der Waals surface area contributed by atoms with E-state index in [4.69, 9.17) is 26.1 Å². The van der Waals surface area contributed by atoms with Crippen LogP contribution in [0.2, 0.25) is 5.15 Å². The molecule has 2 rings (SSSR count). The van der Waals surface area contributed by atoms with Gasteiger partial charge in [-0.3, -0.25) is 4.79 Å². The molecule has 0 spiro atoms. The van der Waals surface area contributed by atoms with Crippen LogP contribution in [0, 0.1) is 9.62 Å². The van der Waals surface area contributed by atoms with E-state index in [9.17, 15) is 4.79 Å². The lowest BCUT2D eigenvalue weighted by atomic mass is 9.97. The van der Waals surface area contributed by atoms with Crippen LogP contribution in [-0.4, -0.2) is 49.4 Å². The number of unbranched alkanes of at least 4 members (excludes halogenated alkanes) is 1. The summed E-state index contributed by atoms with van der Waals surface area (Å²) in [7, 11) is 1.71. The van der Waals surface area contributed by atoms with Gasteiger partial charge in [-0.1, -0.05) is 11.6 Å². The molecule has 0 unspecified atom stereocenters. The standard InChI is InChI=1S/C17H25ClIN3O3/c1-3-25-17(23)12-7-9-22(10-8-12)16-14(18)21-15(19)13(20-16)6-4-5-11-24-2/h12H,3-11H2,1-2H3. The summed E-state index contributed by atoms with van der Waals surface area (Å²) in [4.78, 5) is 23.2. The molecule has 1 aromatic heterocycles. The SMILES string of the molecule is CCOC(=O)C1CCN(c2nc(CCCCOC)c(I)nc2Cl)CC1. The molecular weight excluding hydrogens is 457 g/mol. The second kappa shape index (κ2) is 10.5. The summed E-state index contributed by atoms with van der Waals surface area (Å²) in [6.45, 7) is 4.50. The van der Waals surface area contributed by atoms with Crippen molar-refractivity contribution in [2.75, 3.05) is 38.3 Å². The van der Waals surface area contributed by atoms with Gasteiger partial charge in [-0.15, -0.1) is 0 Å². The number of methoxy groups -OCH3 is 1. The number of aromatic nitrogens is 2. The van der Waals surface area contributed by atoms with Crippen molar-refractivity contribution in [3.05, 3.63) is 14.5 Å². The van der Waals surface area contributed by atoms with Crippen LogP contribution in [0.4, 0.5) is 5.82 Å². The molecule has 1 saturated heterocycles. The number of carbonyl (C=O) groups excluding carboxylic acids is 1. The number of hydrogen-bond donors (Lipinski definition) is 0. The van der Waals surface area contributed by atoms with Crippen molar-refractivity contribution in [2.24, 2.45) is 5.92 Å². The third kappa shape index (κ3) is 5.92. The quantitative estimate of drug-likeness (QED) is 0.322. The second-order valence-corrected chi connectivity index (χ2v) is 7.42. The zero-order chi connectivity index (χ0) is 18.2. The summed E-state index contributed by atoms with van der Waals surface area (Å²) < 4.78 is 11.1. The Labute approximate surface area is 167 Å². The number of anilines is 1. The maximum atomic E-state index is 11.9. The zero-order valence-electron chi connectivity index (χ0n) is 14.8. The van der Waals surface area contributed by atoms with Gasteiger partial charge in [0.15, 0.2) is 11.0 Å². The Morgan fingerprint density at radius 1 is 1.32 bits per heavy atom. The predicted molar refractivity (Wildman–Crippen MR) is 106 cm³/mol. The van der Waals surface area contributed by atoms with E-state index >= 15 is 0 Å². The first-order valence-corrected chi connectivity index (χ1v) is 10.1. The van der Waals surface area contributed by atoms with E-state index in [1.54, 1.807) is 7.11 Å². The molecule has 6 nitrogen and oxygen atoms in total. The fraction of sp³-hybridized carbons (Fsp3) is 0.706. The van der Waals surface area contributed by atoms with E-state index in [1.165, 1.54) is 0 Å². The van der Waals surface area contributed by atoms with Crippen LogP contribution in [0.25, 0.3) is 0 Å². The number of aryl methyl sites for hydroxylation is 1. The van der Waals surface area contributed by atoms with Gasteiger partial charge in [-0.2, -0.15) is 0 Å². The molecule has 0 saturated carbocycles. The molecule has 1 fully saturated rings. The molecule has 0 amide bonds. The van der Waals surface area contributed by atoms with Gasteiger partial charge in [0.1, 0.15) is 3.70 Å². The van der Waals surface area contributed by atoms with Crippen LogP contribution in [-0.2, 0) is 20.7 Å².